The quantitative estimate of drug-likeness (QED) is 0.641. The lowest BCUT2D eigenvalue weighted by Gasteiger charge is -2.09. The zero-order chi connectivity index (χ0) is 14.2. The highest BCUT2D eigenvalue weighted by Gasteiger charge is 2.33. The molecule has 0 aliphatic carbocycles. The summed E-state index contributed by atoms with van der Waals surface area (Å²) in [4.78, 5) is 7.17. The second kappa shape index (κ2) is 5.26. The van der Waals surface area contributed by atoms with Crippen LogP contribution < -0.4 is 0 Å². The number of aromatic nitrogens is 2. The van der Waals surface area contributed by atoms with Crippen molar-refractivity contribution in [3.8, 4) is 11.3 Å². The average Bonchev–Trinajstić information content (AvgIpc) is 2.30. The van der Waals surface area contributed by atoms with Crippen LogP contribution in [-0.4, -0.2) is 9.97 Å². The summed E-state index contributed by atoms with van der Waals surface area (Å²) in [6.45, 7) is 0. The summed E-state index contributed by atoms with van der Waals surface area (Å²) in [5.41, 5.74) is -0.704. The van der Waals surface area contributed by atoms with Gasteiger partial charge >= 0.3 is 6.18 Å². The third kappa shape index (κ3) is 3.38. The van der Waals surface area contributed by atoms with Gasteiger partial charge in [0.25, 0.3) is 0 Å². The van der Waals surface area contributed by atoms with E-state index in [1.54, 1.807) is 0 Å². The van der Waals surface area contributed by atoms with E-state index in [0.717, 1.165) is 6.07 Å². The molecule has 0 radical (unpaired) electrons. The molecule has 19 heavy (non-hydrogen) atoms. The molecule has 0 aliphatic rings. The lowest BCUT2D eigenvalue weighted by atomic mass is 10.1. The Kier molecular flexibility index (Phi) is 4.03. The van der Waals surface area contributed by atoms with Crippen LogP contribution in [0.2, 0.25) is 10.0 Å². The van der Waals surface area contributed by atoms with Crippen LogP contribution in [0.1, 0.15) is 5.69 Å². The first-order chi connectivity index (χ1) is 8.77. The Labute approximate surface area is 124 Å². The first kappa shape index (κ1) is 14.6. The molecular formula is C11H4BrCl2F3N2. The van der Waals surface area contributed by atoms with Crippen molar-refractivity contribution in [2.24, 2.45) is 0 Å². The van der Waals surface area contributed by atoms with Crippen molar-refractivity contribution >= 4 is 39.1 Å². The van der Waals surface area contributed by atoms with Crippen LogP contribution in [0.4, 0.5) is 13.2 Å². The molecule has 1 aromatic carbocycles. The molecule has 2 rings (SSSR count). The predicted octanol–water partition coefficient (Wildman–Crippen LogP) is 5.23. The minimum atomic E-state index is -4.56. The zero-order valence-electron chi connectivity index (χ0n) is 8.97. The Morgan fingerprint density at radius 1 is 1.05 bits per heavy atom. The first-order valence-electron chi connectivity index (χ1n) is 4.84. The van der Waals surface area contributed by atoms with E-state index < -0.39 is 11.9 Å². The van der Waals surface area contributed by atoms with Crippen molar-refractivity contribution < 1.29 is 13.2 Å². The molecule has 1 heterocycles. The monoisotopic (exact) mass is 370 g/mol. The summed E-state index contributed by atoms with van der Waals surface area (Å²) in [6.07, 6.45) is -4.56. The van der Waals surface area contributed by atoms with Gasteiger partial charge in [0.1, 0.15) is 5.69 Å². The maximum atomic E-state index is 12.7. The maximum absolute atomic E-state index is 12.7. The van der Waals surface area contributed by atoms with Crippen LogP contribution >= 0.6 is 39.1 Å². The predicted molar refractivity (Wildman–Crippen MR) is 70.2 cm³/mol. The van der Waals surface area contributed by atoms with Gasteiger partial charge in [0.05, 0.1) is 10.7 Å². The van der Waals surface area contributed by atoms with Crippen LogP contribution in [-0.2, 0) is 6.18 Å². The zero-order valence-corrected chi connectivity index (χ0v) is 12.1. The second-order valence-electron chi connectivity index (χ2n) is 3.53. The van der Waals surface area contributed by atoms with E-state index in [2.05, 4.69) is 25.9 Å². The molecule has 0 saturated carbocycles. The van der Waals surface area contributed by atoms with E-state index in [1.807, 2.05) is 0 Å². The summed E-state index contributed by atoms with van der Waals surface area (Å²) >= 11 is 14.6. The third-order valence-electron chi connectivity index (χ3n) is 2.19. The van der Waals surface area contributed by atoms with Gasteiger partial charge in [-0.2, -0.15) is 13.2 Å². The highest BCUT2D eigenvalue weighted by Crippen LogP contribution is 2.34. The van der Waals surface area contributed by atoms with E-state index in [4.69, 9.17) is 23.2 Å². The van der Waals surface area contributed by atoms with Gasteiger partial charge < -0.3 is 0 Å². The van der Waals surface area contributed by atoms with Gasteiger partial charge in [-0.15, -0.1) is 0 Å². The summed E-state index contributed by atoms with van der Waals surface area (Å²) < 4.78 is 37.8. The third-order valence-corrected chi connectivity index (χ3v) is 3.11. The van der Waals surface area contributed by atoms with Gasteiger partial charge in [-0.05, 0) is 40.2 Å². The highest BCUT2D eigenvalue weighted by atomic mass is 79.9. The summed E-state index contributed by atoms with van der Waals surface area (Å²) in [5, 5.41) is 0.603. The van der Waals surface area contributed by atoms with Gasteiger partial charge in [0.15, 0.2) is 4.73 Å². The molecular weight excluding hydrogens is 368 g/mol. The normalized spacial score (nSPS) is 11.7. The SMILES string of the molecule is FC(F)(F)c1cc(-c2cc(Cl)ccc2Cl)nc(Br)n1. The lowest BCUT2D eigenvalue weighted by molar-refractivity contribution is -0.141. The molecule has 100 valence electrons. The Bertz CT molecular complexity index is 632. The lowest BCUT2D eigenvalue weighted by Crippen LogP contribution is -2.09. The van der Waals surface area contributed by atoms with Crippen LogP contribution in [0.5, 0.6) is 0 Å². The number of nitrogens with zero attached hydrogens (tertiary/aromatic N) is 2. The molecule has 0 bridgehead atoms. The van der Waals surface area contributed by atoms with Crippen molar-refractivity contribution in [3.63, 3.8) is 0 Å². The van der Waals surface area contributed by atoms with E-state index in [9.17, 15) is 13.2 Å². The molecule has 0 aliphatic heterocycles. The summed E-state index contributed by atoms with van der Waals surface area (Å²) in [7, 11) is 0. The highest BCUT2D eigenvalue weighted by molar-refractivity contribution is 9.10. The van der Waals surface area contributed by atoms with E-state index in [-0.39, 0.29) is 15.5 Å². The Morgan fingerprint density at radius 3 is 2.37 bits per heavy atom. The smallest absolute Gasteiger partial charge is 0.222 e. The average molecular weight is 372 g/mol. The molecule has 0 unspecified atom stereocenters. The van der Waals surface area contributed by atoms with Crippen molar-refractivity contribution in [3.05, 3.63) is 44.7 Å². The Hall–Kier alpha value is -0.850. The van der Waals surface area contributed by atoms with Gasteiger partial charge in [-0.1, -0.05) is 23.2 Å². The molecule has 2 nitrogen and oxygen atoms in total. The number of hydrogen-bond donors (Lipinski definition) is 0. The number of alkyl halides is 3. The van der Waals surface area contributed by atoms with Crippen molar-refractivity contribution in [2.45, 2.75) is 6.18 Å². The topological polar surface area (TPSA) is 25.8 Å². The molecule has 8 heteroatoms. The van der Waals surface area contributed by atoms with Gasteiger partial charge in [0, 0.05) is 10.6 Å². The molecule has 2 aromatic rings. The van der Waals surface area contributed by atoms with Gasteiger partial charge in [-0.3, -0.25) is 0 Å². The van der Waals surface area contributed by atoms with Crippen molar-refractivity contribution in [1.29, 1.82) is 0 Å². The van der Waals surface area contributed by atoms with E-state index in [0.29, 0.717) is 10.6 Å². The second-order valence-corrected chi connectivity index (χ2v) is 5.08. The largest absolute Gasteiger partial charge is 0.433 e. The number of benzene rings is 1. The number of halogens is 6. The Morgan fingerprint density at radius 2 is 1.74 bits per heavy atom. The van der Waals surface area contributed by atoms with Crippen LogP contribution in [0.25, 0.3) is 11.3 Å². The summed E-state index contributed by atoms with van der Waals surface area (Å²) in [6, 6.07) is 5.29. The van der Waals surface area contributed by atoms with Crippen LogP contribution in [0, 0.1) is 0 Å². The maximum Gasteiger partial charge on any atom is 0.433 e. The molecule has 0 atom stereocenters. The van der Waals surface area contributed by atoms with E-state index in [1.165, 1.54) is 18.2 Å². The first-order valence-corrected chi connectivity index (χ1v) is 6.39. The minimum Gasteiger partial charge on any atom is -0.222 e. The van der Waals surface area contributed by atoms with Crippen LogP contribution in [0.3, 0.4) is 0 Å². The molecule has 0 fully saturated rings. The minimum absolute atomic E-state index is 0.0432. The fraction of sp³-hybridized carbons (Fsp3) is 0.0909. The fourth-order valence-electron chi connectivity index (χ4n) is 1.39. The molecule has 0 saturated heterocycles. The molecule has 0 spiro atoms. The molecule has 0 amide bonds. The number of rotatable bonds is 1. The fourth-order valence-corrected chi connectivity index (χ4v) is 2.16. The molecule has 1 aromatic heterocycles. The Balaban J connectivity index is 2.63. The van der Waals surface area contributed by atoms with Crippen LogP contribution in [0.15, 0.2) is 29.0 Å². The van der Waals surface area contributed by atoms with Crippen molar-refractivity contribution in [2.75, 3.05) is 0 Å². The molecule has 0 N–H and O–H groups in total. The van der Waals surface area contributed by atoms with Crippen molar-refractivity contribution in [1.82, 2.24) is 9.97 Å². The number of hydrogen-bond acceptors (Lipinski definition) is 2. The standard InChI is InChI=1S/C11H4BrCl2F3N2/c12-10-18-8(4-9(19-10)11(15,16)17)6-3-5(13)1-2-7(6)14/h1-4H. The van der Waals surface area contributed by atoms with Gasteiger partial charge in [0.2, 0.25) is 0 Å². The van der Waals surface area contributed by atoms with E-state index >= 15 is 0 Å². The summed E-state index contributed by atoms with van der Waals surface area (Å²) in [5.74, 6) is 0. The van der Waals surface area contributed by atoms with Gasteiger partial charge in [-0.25, -0.2) is 9.97 Å².